The maximum absolute atomic E-state index is 12.7. The Hall–Kier alpha value is -3.56. The molecular weight excluding hydrogens is 426 g/mol. The number of benzene rings is 1. The zero-order chi connectivity index (χ0) is 21.9. The van der Waals surface area contributed by atoms with Crippen LogP contribution in [0.2, 0.25) is 0 Å². The van der Waals surface area contributed by atoms with Crippen LogP contribution < -0.4 is 5.56 Å². The van der Waals surface area contributed by atoms with Crippen LogP contribution in [0.15, 0.2) is 68.4 Å². The minimum absolute atomic E-state index is 0.127. The molecule has 1 N–H and O–H groups in total. The van der Waals surface area contributed by atoms with Crippen LogP contribution in [-0.2, 0) is 13.1 Å². The second-order valence-corrected chi connectivity index (χ2v) is 8.43. The van der Waals surface area contributed by atoms with E-state index in [1.54, 1.807) is 18.4 Å². The first-order chi connectivity index (χ1) is 15.7. The van der Waals surface area contributed by atoms with E-state index in [0.717, 1.165) is 28.2 Å². The van der Waals surface area contributed by atoms with Crippen molar-refractivity contribution < 1.29 is 8.83 Å². The van der Waals surface area contributed by atoms with Crippen LogP contribution in [-0.4, -0.2) is 31.6 Å². The highest BCUT2D eigenvalue weighted by molar-refractivity contribution is 7.21. The van der Waals surface area contributed by atoms with Gasteiger partial charge in [0.2, 0.25) is 5.89 Å². The standard InChI is InChI=1S/C23H21N5O3S/c1-2-10-28(14-20-26-27-22(31-20)17-9-6-11-30-17)13-19-24-21(29)16-12-18(32-23(16)25-19)15-7-4-3-5-8-15/h3-9,11-12H,2,10,13-14H2,1H3,(H,24,25,29). The molecule has 0 spiro atoms. The third-order valence-corrected chi connectivity index (χ3v) is 6.06. The van der Waals surface area contributed by atoms with Gasteiger partial charge in [-0.1, -0.05) is 37.3 Å². The lowest BCUT2D eigenvalue weighted by Gasteiger charge is -2.18. The quantitative estimate of drug-likeness (QED) is 0.368. The lowest BCUT2D eigenvalue weighted by atomic mass is 10.2. The van der Waals surface area contributed by atoms with Gasteiger partial charge in [-0.25, -0.2) is 4.98 Å². The van der Waals surface area contributed by atoms with Gasteiger partial charge in [-0.05, 0) is 36.7 Å². The van der Waals surface area contributed by atoms with Gasteiger partial charge in [0, 0.05) is 4.88 Å². The third kappa shape index (κ3) is 4.25. The molecule has 9 heteroatoms. The largest absolute Gasteiger partial charge is 0.459 e. The van der Waals surface area contributed by atoms with Gasteiger partial charge in [0.15, 0.2) is 5.76 Å². The molecule has 0 amide bonds. The van der Waals surface area contributed by atoms with Crippen LogP contribution in [0.1, 0.15) is 25.1 Å². The van der Waals surface area contributed by atoms with Crippen molar-refractivity contribution in [1.82, 2.24) is 25.1 Å². The van der Waals surface area contributed by atoms with Gasteiger partial charge in [-0.15, -0.1) is 21.5 Å². The molecule has 4 heterocycles. The van der Waals surface area contributed by atoms with Gasteiger partial charge < -0.3 is 13.8 Å². The van der Waals surface area contributed by atoms with E-state index in [9.17, 15) is 4.79 Å². The van der Waals surface area contributed by atoms with Crippen molar-refractivity contribution in [1.29, 1.82) is 0 Å². The van der Waals surface area contributed by atoms with Crippen LogP contribution >= 0.6 is 11.3 Å². The number of nitrogens with zero attached hydrogens (tertiary/aromatic N) is 4. The smallest absolute Gasteiger partial charge is 0.283 e. The molecule has 5 rings (SSSR count). The van der Waals surface area contributed by atoms with Gasteiger partial charge in [0.05, 0.1) is 24.7 Å². The predicted octanol–water partition coefficient (Wildman–Crippen LogP) is 4.71. The number of furan rings is 1. The fraction of sp³-hybridized carbons (Fsp3) is 0.217. The molecule has 0 atom stereocenters. The molecule has 0 saturated heterocycles. The SMILES string of the molecule is CCCN(Cc1nc2sc(-c3ccccc3)cc2c(=O)[nH]1)Cc1nnc(-c2ccco2)o1. The molecule has 5 aromatic rings. The molecule has 0 aliphatic heterocycles. The van der Waals surface area contributed by atoms with E-state index in [2.05, 4.69) is 27.0 Å². The number of aromatic amines is 1. The molecule has 0 bridgehead atoms. The molecule has 0 fully saturated rings. The summed E-state index contributed by atoms with van der Waals surface area (Å²) in [5.74, 6) is 1.98. The summed E-state index contributed by atoms with van der Waals surface area (Å²) in [6, 6.07) is 15.5. The highest BCUT2D eigenvalue weighted by atomic mass is 32.1. The van der Waals surface area contributed by atoms with Crippen LogP contribution in [0.3, 0.4) is 0 Å². The summed E-state index contributed by atoms with van der Waals surface area (Å²) in [5, 5.41) is 8.80. The van der Waals surface area contributed by atoms with Crippen molar-refractivity contribution in [2.45, 2.75) is 26.4 Å². The Morgan fingerprint density at radius 3 is 2.75 bits per heavy atom. The van der Waals surface area contributed by atoms with Gasteiger partial charge >= 0.3 is 0 Å². The van der Waals surface area contributed by atoms with E-state index in [-0.39, 0.29) is 5.56 Å². The Kier molecular flexibility index (Phi) is 5.66. The number of H-pyrrole nitrogens is 1. The number of hydrogen-bond donors (Lipinski definition) is 1. The Morgan fingerprint density at radius 1 is 1.09 bits per heavy atom. The average Bonchev–Trinajstić information content (AvgIpc) is 3.55. The van der Waals surface area contributed by atoms with Crippen molar-refractivity contribution >= 4 is 21.6 Å². The molecule has 1 aromatic carbocycles. The lowest BCUT2D eigenvalue weighted by Crippen LogP contribution is -2.26. The summed E-state index contributed by atoms with van der Waals surface area (Å²) in [5.41, 5.74) is 0.950. The molecule has 0 radical (unpaired) electrons. The number of hydrogen-bond acceptors (Lipinski definition) is 8. The van der Waals surface area contributed by atoms with Crippen molar-refractivity contribution in [3.05, 3.63) is 76.9 Å². The maximum Gasteiger partial charge on any atom is 0.283 e. The van der Waals surface area contributed by atoms with Crippen molar-refractivity contribution in [2.24, 2.45) is 0 Å². The number of aromatic nitrogens is 4. The van der Waals surface area contributed by atoms with Gasteiger partial charge in [-0.2, -0.15) is 0 Å². The van der Waals surface area contributed by atoms with E-state index < -0.39 is 0 Å². The maximum atomic E-state index is 12.7. The Balaban J connectivity index is 1.38. The summed E-state index contributed by atoms with van der Waals surface area (Å²) in [7, 11) is 0. The van der Waals surface area contributed by atoms with Crippen LogP contribution in [0.25, 0.3) is 32.3 Å². The van der Waals surface area contributed by atoms with Crippen molar-refractivity contribution in [3.8, 4) is 22.1 Å². The number of rotatable bonds is 8. The van der Waals surface area contributed by atoms with Gasteiger partial charge in [-0.3, -0.25) is 9.69 Å². The summed E-state index contributed by atoms with van der Waals surface area (Å²) >= 11 is 1.52. The van der Waals surface area contributed by atoms with Gasteiger partial charge in [0.1, 0.15) is 10.7 Å². The van der Waals surface area contributed by atoms with E-state index in [4.69, 9.17) is 13.8 Å². The first-order valence-corrected chi connectivity index (χ1v) is 11.2. The van der Waals surface area contributed by atoms with E-state index >= 15 is 0 Å². The fourth-order valence-electron chi connectivity index (χ4n) is 3.55. The van der Waals surface area contributed by atoms with Crippen LogP contribution in [0, 0.1) is 0 Å². The second kappa shape index (κ2) is 8.89. The Morgan fingerprint density at radius 2 is 1.97 bits per heavy atom. The summed E-state index contributed by atoms with van der Waals surface area (Å²) < 4.78 is 11.1. The van der Waals surface area contributed by atoms with Crippen molar-refractivity contribution in [2.75, 3.05) is 6.54 Å². The summed E-state index contributed by atoms with van der Waals surface area (Å²) in [6.45, 7) is 3.80. The highest BCUT2D eigenvalue weighted by Gasteiger charge is 2.16. The minimum atomic E-state index is -0.127. The van der Waals surface area contributed by atoms with Crippen molar-refractivity contribution in [3.63, 3.8) is 0 Å². The number of nitrogens with one attached hydrogen (secondary N) is 1. The van der Waals surface area contributed by atoms with Crippen LogP contribution in [0.5, 0.6) is 0 Å². The molecule has 0 saturated carbocycles. The summed E-state index contributed by atoms with van der Waals surface area (Å²) in [4.78, 5) is 24.3. The molecule has 4 aromatic heterocycles. The van der Waals surface area contributed by atoms with E-state index in [0.29, 0.717) is 41.8 Å². The fourth-order valence-corrected chi connectivity index (χ4v) is 4.60. The third-order valence-electron chi connectivity index (χ3n) is 4.98. The van der Waals surface area contributed by atoms with Crippen LogP contribution in [0.4, 0.5) is 0 Å². The van der Waals surface area contributed by atoms with Gasteiger partial charge in [0.25, 0.3) is 11.4 Å². The predicted molar refractivity (Wildman–Crippen MR) is 122 cm³/mol. The zero-order valence-corrected chi connectivity index (χ0v) is 18.3. The molecule has 0 unspecified atom stereocenters. The van der Waals surface area contributed by atoms with E-state index in [1.807, 2.05) is 36.4 Å². The molecule has 0 aliphatic rings. The lowest BCUT2D eigenvalue weighted by molar-refractivity contribution is 0.226. The zero-order valence-electron chi connectivity index (χ0n) is 17.4. The number of thiophene rings is 1. The first kappa shape index (κ1) is 20.3. The Bertz CT molecular complexity index is 1370. The molecule has 8 nitrogen and oxygen atoms in total. The minimum Gasteiger partial charge on any atom is -0.459 e. The molecule has 0 aliphatic carbocycles. The highest BCUT2D eigenvalue weighted by Crippen LogP contribution is 2.30. The normalized spacial score (nSPS) is 11.6. The second-order valence-electron chi connectivity index (χ2n) is 7.40. The Labute approximate surface area is 187 Å². The molecule has 32 heavy (non-hydrogen) atoms. The molecular formula is C23H21N5O3S. The first-order valence-electron chi connectivity index (χ1n) is 10.4. The topological polar surface area (TPSA) is 101 Å². The monoisotopic (exact) mass is 447 g/mol. The molecule has 162 valence electrons. The summed E-state index contributed by atoms with van der Waals surface area (Å²) in [6.07, 6.45) is 2.50. The average molecular weight is 448 g/mol. The van der Waals surface area contributed by atoms with E-state index in [1.165, 1.54) is 11.3 Å². The number of fused-ring (bicyclic) bond motifs is 1.